The van der Waals surface area contributed by atoms with Crippen molar-refractivity contribution in [3.8, 4) is 22.4 Å². The zero-order valence-electron chi connectivity index (χ0n) is 10.7. The number of hydrogen-bond acceptors (Lipinski definition) is 5. The van der Waals surface area contributed by atoms with Gasteiger partial charge >= 0.3 is 6.18 Å². The molecule has 0 aromatic carbocycles. The summed E-state index contributed by atoms with van der Waals surface area (Å²) < 4.78 is 39.4. The normalized spacial score (nSPS) is 11.8. The van der Waals surface area contributed by atoms with E-state index in [-0.39, 0.29) is 10.8 Å². The fraction of sp³-hybridized carbons (Fsp3) is 0.167. The van der Waals surface area contributed by atoms with Gasteiger partial charge in [0.05, 0.1) is 0 Å². The van der Waals surface area contributed by atoms with E-state index in [0.717, 1.165) is 16.7 Å². The highest BCUT2D eigenvalue weighted by Crippen LogP contribution is 2.32. The Morgan fingerprint density at radius 3 is 2.57 bits per heavy atom. The Hall–Kier alpha value is -2.29. The third kappa shape index (κ3) is 2.64. The zero-order valence-corrected chi connectivity index (χ0v) is 11.5. The van der Waals surface area contributed by atoms with Gasteiger partial charge in [-0.2, -0.15) is 13.2 Å². The van der Waals surface area contributed by atoms with Crippen molar-refractivity contribution in [1.82, 2.24) is 24.5 Å². The molecule has 3 rings (SSSR count). The van der Waals surface area contributed by atoms with Crippen molar-refractivity contribution in [2.24, 2.45) is 7.05 Å². The van der Waals surface area contributed by atoms with Crippen molar-refractivity contribution in [3.05, 3.63) is 35.7 Å². The maximum Gasteiger partial charge on any atom is 0.434 e. The summed E-state index contributed by atoms with van der Waals surface area (Å²) in [4.78, 5) is 15.9. The summed E-state index contributed by atoms with van der Waals surface area (Å²) in [6, 6.07) is 1.64. The molecule has 0 atom stereocenters. The van der Waals surface area contributed by atoms with Crippen LogP contribution in [0, 0.1) is 0 Å². The van der Waals surface area contributed by atoms with Crippen LogP contribution in [0.3, 0.4) is 0 Å². The molecule has 3 aromatic heterocycles. The number of aryl methyl sites for hydroxylation is 1. The highest BCUT2D eigenvalue weighted by molar-refractivity contribution is 7.13. The van der Waals surface area contributed by atoms with Gasteiger partial charge in [0, 0.05) is 31.0 Å². The lowest BCUT2D eigenvalue weighted by Crippen LogP contribution is -2.05. The van der Waals surface area contributed by atoms with E-state index < -0.39 is 11.9 Å². The fourth-order valence-electron chi connectivity index (χ4n) is 1.71. The molecule has 0 saturated heterocycles. The fourth-order valence-corrected chi connectivity index (χ4v) is 2.47. The summed E-state index contributed by atoms with van der Waals surface area (Å²) in [5.74, 6) is 0.752. The quantitative estimate of drug-likeness (QED) is 0.730. The molecular formula is C12H8F3N5S. The highest BCUT2D eigenvalue weighted by atomic mass is 32.1. The van der Waals surface area contributed by atoms with Gasteiger partial charge in [-0.15, -0.1) is 11.3 Å². The van der Waals surface area contributed by atoms with E-state index in [2.05, 4.69) is 19.9 Å². The van der Waals surface area contributed by atoms with Crippen LogP contribution in [0.2, 0.25) is 0 Å². The SMILES string of the molecule is Cn1ccnc1-c1ccnc(-c2nc(C(F)(F)F)cs2)n1. The first-order chi connectivity index (χ1) is 9.95. The van der Waals surface area contributed by atoms with E-state index in [1.807, 2.05) is 0 Å². The smallest absolute Gasteiger partial charge is 0.333 e. The van der Waals surface area contributed by atoms with Crippen LogP contribution in [0.25, 0.3) is 22.4 Å². The van der Waals surface area contributed by atoms with Crippen molar-refractivity contribution >= 4 is 11.3 Å². The third-order valence-corrected chi connectivity index (χ3v) is 3.53. The summed E-state index contributed by atoms with van der Waals surface area (Å²) in [7, 11) is 1.80. The third-order valence-electron chi connectivity index (χ3n) is 2.69. The minimum absolute atomic E-state index is 0.124. The summed E-state index contributed by atoms with van der Waals surface area (Å²) >= 11 is 0.856. The molecule has 0 bridgehead atoms. The summed E-state index contributed by atoms with van der Waals surface area (Å²) in [6.07, 6.45) is 0.373. The monoisotopic (exact) mass is 311 g/mol. The minimum atomic E-state index is -4.47. The van der Waals surface area contributed by atoms with Crippen LogP contribution >= 0.6 is 11.3 Å². The average molecular weight is 311 g/mol. The van der Waals surface area contributed by atoms with Crippen LogP contribution in [0.1, 0.15) is 5.69 Å². The van der Waals surface area contributed by atoms with Gasteiger partial charge in [0.2, 0.25) is 0 Å². The van der Waals surface area contributed by atoms with Crippen molar-refractivity contribution in [3.63, 3.8) is 0 Å². The Morgan fingerprint density at radius 2 is 1.95 bits per heavy atom. The second-order valence-electron chi connectivity index (χ2n) is 4.16. The van der Waals surface area contributed by atoms with E-state index in [9.17, 15) is 13.2 Å². The molecule has 21 heavy (non-hydrogen) atoms. The molecular weight excluding hydrogens is 303 g/mol. The summed E-state index contributed by atoms with van der Waals surface area (Å²) in [5, 5.41) is 1.07. The van der Waals surface area contributed by atoms with E-state index in [1.54, 1.807) is 30.1 Å². The summed E-state index contributed by atoms with van der Waals surface area (Å²) in [5.41, 5.74) is -0.412. The van der Waals surface area contributed by atoms with Crippen molar-refractivity contribution in [2.45, 2.75) is 6.18 Å². The predicted molar refractivity (Wildman–Crippen MR) is 70.3 cm³/mol. The molecule has 0 amide bonds. The molecule has 108 valence electrons. The Balaban J connectivity index is 2.01. The van der Waals surface area contributed by atoms with Gasteiger partial charge in [-0.25, -0.2) is 19.9 Å². The van der Waals surface area contributed by atoms with Crippen molar-refractivity contribution < 1.29 is 13.2 Å². The summed E-state index contributed by atoms with van der Waals surface area (Å²) in [6.45, 7) is 0. The molecule has 0 aliphatic heterocycles. The van der Waals surface area contributed by atoms with Crippen LogP contribution in [0.15, 0.2) is 30.0 Å². The van der Waals surface area contributed by atoms with Gasteiger partial charge in [-0.1, -0.05) is 0 Å². The standard InChI is InChI=1S/C12H8F3N5S/c1-20-5-4-17-10(20)7-2-3-16-9(18-7)11-19-8(6-21-11)12(13,14)15/h2-6H,1H3. The van der Waals surface area contributed by atoms with Gasteiger partial charge in [-0.3, -0.25) is 0 Å². The first-order valence-corrected chi connectivity index (χ1v) is 6.67. The molecule has 3 aromatic rings. The molecule has 5 nitrogen and oxygen atoms in total. The van der Waals surface area contributed by atoms with Crippen molar-refractivity contribution in [2.75, 3.05) is 0 Å². The predicted octanol–water partition coefficient (Wildman–Crippen LogP) is 3.02. The highest BCUT2D eigenvalue weighted by Gasteiger charge is 2.34. The van der Waals surface area contributed by atoms with Gasteiger partial charge in [0.25, 0.3) is 0 Å². The lowest BCUT2D eigenvalue weighted by atomic mass is 10.3. The van der Waals surface area contributed by atoms with Gasteiger partial charge in [0.15, 0.2) is 22.4 Å². The number of halogens is 3. The first-order valence-electron chi connectivity index (χ1n) is 5.79. The molecule has 3 heterocycles. The van der Waals surface area contributed by atoms with E-state index >= 15 is 0 Å². The number of imidazole rings is 1. The number of thiazole rings is 1. The Bertz CT molecular complexity index is 777. The molecule has 0 fully saturated rings. The van der Waals surface area contributed by atoms with E-state index in [4.69, 9.17) is 0 Å². The first kappa shape index (κ1) is 13.7. The van der Waals surface area contributed by atoms with Gasteiger partial charge < -0.3 is 4.57 Å². The zero-order chi connectivity index (χ0) is 15.0. The maximum absolute atomic E-state index is 12.6. The van der Waals surface area contributed by atoms with Gasteiger partial charge in [0.1, 0.15) is 5.69 Å². The Labute approximate surface area is 121 Å². The van der Waals surface area contributed by atoms with Crippen molar-refractivity contribution in [1.29, 1.82) is 0 Å². The van der Waals surface area contributed by atoms with Crippen LogP contribution < -0.4 is 0 Å². The molecule has 0 radical (unpaired) electrons. The number of aromatic nitrogens is 5. The lowest BCUT2D eigenvalue weighted by molar-refractivity contribution is -0.140. The van der Waals surface area contributed by atoms with Crippen LogP contribution in [-0.2, 0) is 13.2 Å². The average Bonchev–Trinajstić information content (AvgIpc) is 3.06. The number of hydrogen-bond donors (Lipinski definition) is 0. The van der Waals surface area contributed by atoms with Crippen LogP contribution in [-0.4, -0.2) is 24.5 Å². The topological polar surface area (TPSA) is 56.5 Å². The van der Waals surface area contributed by atoms with Crippen LogP contribution in [0.4, 0.5) is 13.2 Å². The second kappa shape index (κ2) is 4.92. The number of alkyl halides is 3. The molecule has 0 unspecified atom stereocenters. The van der Waals surface area contributed by atoms with E-state index in [0.29, 0.717) is 11.5 Å². The lowest BCUT2D eigenvalue weighted by Gasteiger charge is -2.02. The molecule has 0 aliphatic rings. The molecule has 0 N–H and O–H groups in total. The maximum atomic E-state index is 12.6. The second-order valence-corrected chi connectivity index (χ2v) is 5.02. The number of nitrogens with zero attached hydrogens (tertiary/aromatic N) is 5. The number of rotatable bonds is 2. The molecule has 9 heteroatoms. The minimum Gasteiger partial charge on any atom is -0.333 e. The largest absolute Gasteiger partial charge is 0.434 e. The van der Waals surface area contributed by atoms with Crippen LogP contribution in [0.5, 0.6) is 0 Å². The van der Waals surface area contributed by atoms with Gasteiger partial charge in [-0.05, 0) is 6.07 Å². The Kier molecular flexibility index (Phi) is 3.20. The molecule has 0 spiro atoms. The molecule has 0 aliphatic carbocycles. The Morgan fingerprint density at radius 1 is 1.14 bits per heavy atom. The molecule has 0 saturated carbocycles. The van der Waals surface area contributed by atoms with E-state index in [1.165, 1.54) is 6.20 Å².